The monoisotopic (exact) mass is 635 g/mol. The molecule has 0 fully saturated rings. The summed E-state index contributed by atoms with van der Waals surface area (Å²) in [5.41, 5.74) is 6.68. The van der Waals surface area contributed by atoms with E-state index >= 15 is 0 Å². The Bertz CT molecular complexity index is 1500. The number of rotatable bonds is 18. The molecule has 3 atom stereocenters. The highest BCUT2D eigenvalue weighted by molar-refractivity contribution is 5.91. The highest BCUT2D eigenvalue weighted by Crippen LogP contribution is 2.13. The maximum Gasteiger partial charge on any atom is 0.329 e. The first kappa shape index (κ1) is 35.1. The minimum absolute atomic E-state index is 0.0908. The Kier molecular flexibility index (Phi) is 14.2. The molecular formula is C39H45N3O5. The average Bonchev–Trinajstić information content (AvgIpc) is 3.09. The Hall–Kier alpha value is -4.79. The molecule has 0 saturated heterocycles. The minimum Gasteiger partial charge on any atom is -0.459 e. The number of carbonyl (C=O) groups is 3. The number of amides is 2. The number of hydrogen-bond acceptors (Lipinski definition) is 6. The molecule has 2 amide bonds. The van der Waals surface area contributed by atoms with Crippen LogP contribution in [0.5, 0.6) is 0 Å². The zero-order valence-electron chi connectivity index (χ0n) is 27.1. The van der Waals surface area contributed by atoms with E-state index in [1.54, 1.807) is 0 Å². The van der Waals surface area contributed by atoms with E-state index in [2.05, 4.69) is 16.1 Å². The lowest BCUT2D eigenvalue weighted by atomic mass is 9.96. The van der Waals surface area contributed by atoms with Crippen LogP contribution < -0.4 is 16.1 Å². The van der Waals surface area contributed by atoms with Crippen molar-refractivity contribution in [3.05, 3.63) is 144 Å². The molecule has 0 radical (unpaired) electrons. The van der Waals surface area contributed by atoms with Crippen LogP contribution in [0.15, 0.2) is 121 Å². The zero-order chi connectivity index (χ0) is 33.3. The SMILES string of the molecule is CC(C)C[C@H](NC(=O)C(CNOCc1ccccc1)Cc1ccccc1)C(=O)N[C@@H](Cc1ccccc1)C(=O)OCc1ccccc1. The van der Waals surface area contributed by atoms with Gasteiger partial charge >= 0.3 is 5.97 Å². The number of ether oxygens (including phenoxy) is 1. The van der Waals surface area contributed by atoms with Crippen LogP contribution in [0.3, 0.4) is 0 Å². The van der Waals surface area contributed by atoms with Crippen molar-refractivity contribution in [2.24, 2.45) is 11.8 Å². The summed E-state index contributed by atoms with van der Waals surface area (Å²) in [7, 11) is 0. The molecule has 4 rings (SSSR count). The van der Waals surface area contributed by atoms with Gasteiger partial charge < -0.3 is 15.4 Å². The van der Waals surface area contributed by atoms with E-state index in [1.807, 2.05) is 135 Å². The molecule has 0 aliphatic carbocycles. The third kappa shape index (κ3) is 12.5. The first-order valence-electron chi connectivity index (χ1n) is 16.1. The largest absolute Gasteiger partial charge is 0.459 e. The van der Waals surface area contributed by atoms with Crippen LogP contribution in [-0.2, 0) is 50.0 Å². The first-order valence-corrected chi connectivity index (χ1v) is 16.1. The second-order valence-electron chi connectivity index (χ2n) is 12.0. The van der Waals surface area contributed by atoms with Crippen molar-refractivity contribution >= 4 is 17.8 Å². The molecule has 0 aromatic heterocycles. The average molecular weight is 636 g/mol. The second-order valence-corrected chi connectivity index (χ2v) is 12.0. The van der Waals surface area contributed by atoms with Gasteiger partial charge in [-0.25, -0.2) is 10.3 Å². The predicted octanol–water partition coefficient (Wildman–Crippen LogP) is 5.57. The Balaban J connectivity index is 1.45. The maximum atomic E-state index is 13.8. The molecule has 1 unspecified atom stereocenters. The van der Waals surface area contributed by atoms with Crippen LogP contribution in [0.4, 0.5) is 0 Å². The van der Waals surface area contributed by atoms with Gasteiger partial charge in [0.05, 0.1) is 12.5 Å². The summed E-state index contributed by atoms with van der Waals surface area (Å²) in [5, 5.41) is 5.90. The molecule has 8 heteroatoms. The number of hydrogen-bond donors (Lipinski definition) is 3. The topological polar surface area (TPSA) is 106 Å². The fourth-order valence-corrected chi connectivity index (χ4v) is 5.16. The van der Waals surface area contributed by atoms with E-state index in [9.17, 15) is 14.4 Å². The van der Waals surface area contributed by atoms with Crippen LogP contribution in [0.2, 0.25) is 0 Å². The molecule has 4 aromatic rings. The standard InChI is InChI=1S/C39H45N3O5/c1-29(2)23-35(38(44)42-36(25-31-17-9-4-10-18-31)39(45)46-27-32-19-11-5-12-20-32)41-37(43)34(24-30-15-7-3-8-16-30)26-40-47-28-33-21-13-6-14-22-33/h3-22,29,34-36,40H,23-28H2,1-2H3,(H,41,43)(H,42,44)/t34?,35-,36-/m0/s1. The normalized spacial score (nSPS) is 12.9. The van der Waals surface area contributed by atoms with Crippen LogP contribution >= 0.6 is 0 Å². The fourth-order valence-electron chi connectivity index (χ4n) is 5.16. The molecule has 0 aliphatic rings. The lowest BCUT2D eigenvalue weighted by molar-refractivity contribution is -0.149. The maximum absolute atomic E-state index is 13.8. The molecule has 47 heavy (non-hydrogen) atoms. The molecule has 0 aliphatic heterocycles. The minimum atomic E-state index is -0.937. The van der Waals surface area contributed by atoms with Crippen molar-refractivity contribution in [3.63, 3.8) is 0 Å². The highest BCUT2D eigenvalue weighted by atomic mass is 16.6. The second kappa shape index (κ2) is 19.0. The van der Waals surface area contributed by atoms with Crippen LogP contribution in [0, 0.1) is 11.8 Å². The van der Waals surface area contributed by atoms with Gasteiger partial charge in [0.15, 0.2) is 0 Å². The molecule has 0 bridgehead atoms. The van der Waals surface area contributed by atoms with Crippen LogP contribution in [0.25, 0.3) is 0 Å². The molecule has 4 aromatic carbocycles. The summed E-state index contributed by atoms with van der Waals surface area (Å²) >= 11 is 0. The zero-order valence-corrected chi connectivity index (χ0v) is 27.1. The third-order valence-corrected chi connectivity index (χ3v) is 7.66. The highest BCUT2D eigenvalue weighted by Gasteiger charge is 2.30. The lowest BCUT2D eigenvalue weighted by Crippen LogP contribution is -2.54. The van der Waals surface area contributed by atoms with Gasteiger partial charge in [0.25, 0.3) is 0 Å². The Morgan fingerprint density at radius 2 is 1.04 bits per heavy atom. The van der Waals surface area contributed by atoms with Gasteiger partial charge in [0.1, 0.15) is 18.7 Å². The molecular weight excluding hydrogens is 590 g/mol. The van der Waals surface area contributed by atoms with Gasteiger partial charge in [-0.05, 0) is 41.0 Å². The molecule has 0 saturated carbocycles. The predicted molar refractivity (Wildman–Crippen MR) is 183 cm³/mol. The van der Waals surface area contributed by atoms with Gasteiger partial charge in [0.2, 0.25) is 11.8 Å². The van der Waals surface area contributed by atoms with Gasteiger partial charge in [-0.3, -0.25) is 14.4 Å². The van der Waals surface area contributed by atoms with Gasteiger partial charge in [-0.15, -0.1) is 0 Å². The summed E-state index contributed by atoms with van der Waals surface area (Å²) in [5.74, 6) is -1.68. The Morgan fingerprint density at radius 3 is 1.57 bits per heavy atom. The molecule has 0 heterocycles. The number of nitrogens with one attached hydrogen (secondary N) is 3. The Labute approximate surface area is 277 Å². The number of benzene rings is 4. The summed E-state index contributed by atoms with van der Waals surface area (Å²) in [6, 6.07) is 36.6. The molecule has 3 N–H and O–H groups in total. The smallest absolute Gasteiger partial charge is 0.329 e. The fraction of sp³-hybridized carbons (Fsp3) is 0.308. The van der Waals surface area contributed by atoms with Gasteiger partial charge in [-0.2, -0.15) is 0 Å². The molecule has 0 spiro atoms. The van der Waals surface area contributed by atoms with Crippen molar-refractivity contribution in [2.75, 3.05) is 6.54 Å². The van der Waals surface area contributed by atoms with Crippen molar-refractivity contribution in [3.8, 4) is 0 Å². The number of hydroxylamine groups is 1. The molecule has 246 valence electrons. The first-order chi connectivity index (χ1) is 22.9. The summed E-state index contributed by atoms with van der Waals surface area (Å²) in [6.07, 6.45) is 1.10. The summed E-state index contributed by atoms with van der Waals surface area (Å²) in [4.78, 5) is 46.6. The molecule has 8 nitrogen and oxygen atoms in total. The number of esters is 1. The lowest BCUT2D eigenvalue weighted by Gasteiger charge is -2.26. The Morgan fingerprint density at radius 1 is 0.574 bits per heavy atom. The number of carbonyl (C=O) groups excluding carboxylic acids is 3. The van der Waals surface area contributed by atoms with Crippen LogP contribution in [-0.4, -0.2) is 36.4 Å². The van der Waals surface area contributed by atoms with Crippen LogP contribution in [0.1, 0.15) is 42.5 Å². The van der Waals surface area contributed by atoms with Gasteiger partial charge in [-0.1, -0.05) is 135 Å². The van der Waals surface area contributed by atoms with Crippen molar-refractivity contribution in [1.82, 2.24) is 16.1 Å². The third-order valence-electron chi connectivity index (χ3n) is 7.66. The van der Waals surface area contributed by atoms with E-state index in [-0.39, 0.29) is 31.4 Å². The van der Waals surface area contributed by atoms with Crippen molar-refractivity contribution in [2.45, 2.75) is 58.4 Å². The summed E-state index contributed by atoms with van der Waals surface area (Å²) in [6.45, 7) is 4.66. The summed E-state index contributed by atoms with van der Waals surface area (Å²) < 4.78 is 5.63. The van der Waals surface area contributed by atoms with E-state index in [1.165, 1.54) is 0 Å². The van der Waals surface area contributed by atoms with E-state index in [0.717, 1.165) is 22.3 Å². The van der Waals surface area contributed by atoms with E-state index in [4.69, 9.17) is 9.57 Å². The van der Waals surface area contributed by atoms with E-state index < -0.39 is 29.9 Å². The van der Waals surface area contributed by atoms with E-state index in [0.29, 0.717) is 19.4 Å². The van der Waals surface area contributed by atoms with Crippen molar-refractivity contribution in [1.29, 1.82) is 0 Å². The van der Waals surface area contributed by atoms with Gasteiger partial charge in [0, 0.05) is 13.0 Å². The van der Waals surface area contributed by atoms with Crippen molar-refractivity contribution < 1.29 is 24.0 Å². The quantitative estimate of drug-likeness (QED) is 0.0751.